The van der Waals surface area contributed by atoms with E-state index in [-0.39, 0.29) is 15.6 Å². The molecule has 0 radical (unpaired) electrons. The zero-order chi connectivity index (χ0) is 16.7. The van der Waals surface area contributed by atoms with Crippen molar-refractivity contribution in [1.29, 1.82) is 0 Å². The molecule has 0 atom stereocenters. The molecule has 1 aromatic heterocycles. The molecule has 0 spiro atoms. The number of rotatable bonds is 2. The highest BCUT2D eigenvalue weighted by Gasteiger charge is 2.25. The van der Waals surface area contributed by atoms with Crippen molar-refractivity contribution in [2.75, 3.05) is 0 Å². The van der Waals surface area contributed by atoms with E-state index in [0.29, 0.717) is 16.8 Å². The van der Waals surface area contributed by atoms with Crippen molar-refractivity contribution in [3.05, 3.63) is 68.8 Å². The van der Waals surface area contributed by atoms with Crippen LogP contribution < -0.4 is 0 Å². The van der Waals surface area contributed by atoms with Gasteiger partial charge in [-0.1, -0.05) is 23.2 Å². The summed E-state index contributed by atoms with van der Waals surface area (Å²) in [6.45, 7) is 0. The summed E-state index contributed by atoms with van der Waals surface area (Å²) in [5, 5.41) is 0.316. The molecule has 0 fully saturated rings. The van der Waals surface area contributed by atoms with E-state index in [0.717, 1.165) is 6.07 Å². The minimum Gasteiger partial charge on any atom is -0.285 e. The van der Waals surface area contributed by atoms with Crippen LogP contribution >= 0.6 is 39.1 Å². The van der Waals surface area contributed by atoms with Crippen LogP contribution in [0.2, 0.25) is 10.2 Å². The first-order valence-corrected chi connectivity index (χ1v) is 7.78. The van der Waals surface area contributed by atoms with Gasteiger partial charge in [-0.05, 0) is 52.3 Å². The zero-order valence-electron chi connectivity index (χ0n) is 11.1. The van der Waals surface area contributed by atoms with E-state index in [9.17, 15) is 13.2 Å². The molecule has 23 heavy (non-hydrogen) atoms. The van der Waals surface area contributed by atoms with E-state index in [1.807, 2.05) is 0 Å². The number of halogens is 6. The second-order valence-electron chi connectivity index (χ2n) is 4.55. The topological polar surface area (TPSA) is 17.8 Å². The first kappa shape index (κ1) is 16.4. The standard InChI is InChI=1S/C15H6BrCl2F3N2/c16-15-22-14(18)13(11-9(19)5-6-10(20)12(11)21)23(15)8-3-1-7(17)2-4-8/h1-6H. The molecule has 3 rings (SSSR count). The number of nitrogens with zero attached hydrogens (tertiary/aromatic N) is 2. The first-order chi connectivity index (χ1) is 10.9. The van der Waals surface area contributed by atoms with Crippen LogP contribution in [-0.2, 0) is 0 Å². The van der Waals surface area contributed by atoms with Crippen LogP contribution in [0.15, 0.2) is 41.1 Å². The van der Waals surface area contributed by atoms with E-state index >= 15 is 0 Å². The van der Waals surface area contributed by atoms with Gasteiger partial charge in [-0.2, -0.15) is 0 Å². The van der Waals surface area contributed by atoms with Crippen LogP contribution in [-0.4, -0.2) is 9.55 Å². The number of hydrogen-bond acceptors (Lipinski definition) is 1. The van der Waals surface area contributed by atoms with E-state index in [4.69, 9.17) is 23.2 Å². The Morgan fingerprint density at radius 2 is 1.52 bits per heavy atom. The quantitative estimate of drug-likeness (QED) is 0.462. The molecule has 118 valence electrons. The van der Waals surface area contributed by atoms with Gasteiger partial charge >= 0.3 is 0 Å². The summed E-state index contributed by atoms with van der Waals surface area (Å²) in [6, 6.07) is 7.96. The summed E-state index contributed by atoms with van der Waals surface area (Å²) in [5.41, 5.74) is -0.197. The van der Waals surface area contributed by atoms with Gasteiger partial charge in [0.1, 0.15) is 5.82 Å². The molecule has 0 aliphatic carbocycles. The molecule has 2 aromatic carbocycles. The fourth-order valence-corrected chi connectivity index (χ4v) is 3.20. The Kier molecular flexibility index (Phi) is 4.40. The zero-order valence-corrected chi connectivity index (χ0v) is 14.2. The Morgan fingerprint density at radius 3 is 2.17 bits per heavy atom. The number of aromatic nitrogens is 2. The summed E-state index contributed by atoms with van der Waals surface area (Å²) in [5.74, 6) is -3.47. The highest BCUT2D eigenvalue weighted by molar-refractivity contribution is 9.10. The maximum absolute atomic E-state index is 14.1. The molecular formula is C15H6BrCl2F3N2. The predicted octanol–water partition coefficient (Wildman–Crippen LogP) is 6.03. The maximum atomic E-state index is 14.1. The van der Waals surface area contributed by atoms with E-state index in [2.05, 4.69) is 20.9 Å². The molecule has 3 aromatic rings. The summed E-state index contributed by atoms with van der Waals surface area (Å²) < 4.78 is 43.4. The van der Waals surface area contributed by atoms with Crippen LogP contribution in [0.1, 0.15) is 0 Å². The average molecular weight is 422 g/mol. The minimum atomic E-state index is -1.34. The second kappa shape index (κ2) is 6.19. The minimum absolute atomic E-state index is 0.102. The molecule has 0 aliphatic heterocycles. The summed E-state index contributed by atoms with van der Waals surface area (Å²) in [6.07, 6.45) is 0. The van der Waals surface area contributed by atoms with Crippen LogP contribution in [0.3, 0.4) is 0 Å². The maximum Gasteiger partial charge on any atom is 0.183 e. The Balaban J connectivity index is 2.34. The Labute approximate surface area is 147 Å². The van der Waals surface area contributed by atoms with Crippen LogP contribution in [0.25, 0.3) is 16.9 Å². The van der Waals surface area contributed by atoms with Crippen molar-refractivity contribution in [3.8, 4) is 16.9 Å². The summed E-state index contributed by atoms with van der Waals surface area (Å²) >= 11 is 15.0. The predicted molar refractivity (Wildman–Crippen MR) is 86.6 cm³/mol. The highest BCUT2D eigenvalue weighted by Crippen LogP contribution is 2.37. The largest absolute Gasteiger partial charge is 0.285 e. The van der Waals surface area contributed by atoms with Crippen molar-refractivity contribution in [1.82, 2.24) is 9.55 Å². The van der Waals surface area contributed by atoms with Gasteiger partial charge in [-0.3, -0.25) is 4.57 Å². The molecular weight excluding hydrogens is 416 g/mol. The average Bonchev–Trinajstić information content (AvgIpc) is 2.79. The Hall–Kier alpha value is -1.50. The molecule has 0 N–H and O–H groups in total. The van der Waals surface area contributed by atoms with Crippen molar-refractivity contribution in [3.63, 3.8) is 0 Å². The van der Waals surface area contributed by atoms with Crippen molar-refractivity contribution >= 4 is 39.1 Å². The van der Waals surface area contributed by atoms with Gasteiger partial charge in [-0.15, -0.1) is 0 Å². The molecule has 0 bridgehead atoms. The van der Waals surface area contributed by atoms with Gasteiger partial charge in [0.15, 0.2) is 21.5 Å². The van der Waals surface area contributed by atoms with Gasteiger partial charge in [0, 0.05) is 10.7 Å². The normalized spacial score (nSPS) is 11.0. The third kappa shape index (κ3) is 2.86. The lowest BCUT2D eigenvalue weighted by Gasteiger charge is -2.12. The molecule has 0 saturated heterocycles. The van der Waals surface area contributed by atoms with Crippen LogP contribution in [0.5, 0.6) is 0 Å². The van der Waals surface area contributed by atoms with Gasteiger partial charge in [0.2, 0.25) is 0 Å². The first-order valence-electron chi connectivity index (χ1n) is 6.23. The van der Waals surface area contributed by atoms with Gasteiger partial charge in [0.25, 0.3) is 0 Å². The number of benzene rings is 2. The number of hydrogen-bond donors (Lipinski definition) is 0. The lowest BCUT2D eigenvalue weighted by molar-refractivity contribution is 0.498. The van der Waals surface area contributed by atoms with Gasteiger partial charge in [-0.25, -0.2) is 18.2 Å². The van der Waals surface area contributed by atoms with E-state index in [1.54, 1.807) is 24.3 Å². The van der Waals surface area contributed by atoms with Crippen molar-refractivity contribution in [2.24, 2.45) is 0 Å². The van der Waals surface area contributed by atoms with Crippen LogP contribution in [0.4, 0.5) is 13.2 Å². The molecule has 2 nitrogen and oxygen atoms in total. The second-order valence-corrected chi connectivity index (χ2v) is 6.05. The van der Waals surface area contributed by atoms with Gasteiger partial charge in [0.05, 0.1) is 11.3 Å². The third-order valence-electron chi connectivity index (χ3n) is 3.16. The fraction of sp³-hybridized carbons (Fsp3) is 0. The summed E-state index contributed by atoms with van der Waals surface area (Å²) in [7, 11) is 0. The van der Waals surface area contributed by atoms with Gasteiger partial charge < -0.3 is 0 Å². The molecule has 8 heteroatoms. The van der Waals surface area contributed by atoms with Crippen molar-refractivity contribution < 1.29 is 13.2 Å². The number of imidazole rings is 1. The van der Waals surface area contributed by atoms with Crippen molar-refractivity contribution in [2.45, 2.75) is 0 Å². The van der Waals surface area contributed by atoms with Crippen LogP contribution in [0, 0.1) is 17.5 Å². The van der Waals surface area contributed by atoms with E-state index < -0.39 is 23.0 Å². The monoisotopic (exact) mass is 420 g/mol. The Bertz CT molecular complexity index is 895. The lowest BCUT2D eigenvalue weighted by atomic mass is 10.1. The summed E-state index contributed by atoms with van der Waals surface area (Å²) in [4.78, 5) is 3.95. The molecule has 0 saturated carbocycles. The third-order valence-corrected chi connectivity index (χ3v) is 4.21. The Morgan fingerprint density at radius 1 is 0.913 bits per heavy atom. The van der Waals surface area contributed by atoms with E-state index in [1.165, 1.54) is 4.57 Å². The SMILES string of the molecule is Fc1ccc(F)c(-c2c(Cl)nc(Br)n2-c2ccc(Cl)cc2)c1F. The smallest absolute Gasteiger partial charge is 0.183 e. The fourth-order valence-electron chi connectivity index (χ4n) is 2.15. The molecule has 0 aliphatic rings. The molecule has 0 amide bonds. The highest BCUT2D eigenvalue weighted by atomic mass is 79.9. The molecule has 0 unspecified atom stereocenters. The lowest BCUT2D eigenvalue weighted by Crippen LogP contribution is -2.02. The molecule has 1 heterocycles.